The Bertz CT molecular complexity index is 623. The number of ketones is 1. The van der Waals surface area contributed by atoms with Crippen LogP contribution in [0.3, 0.4) is 0 Å². The molecule has 0 bridgehead atoms. The van der Waals surface area contributed by atoms with E-state index in [0.29, 0.717) is 4.88 Å². The number of amides is 1. The van der Waals surface area contributed by atoms with E-state index >= 15 is 0 Å². The number of benzene rings is 1. The Balaban J connectivity index is 1.82. The number of thiophene rings is 1. The van der Waals surface area contributed by atoms with Crippen LogP contribution < -0.4 is 10.6 Å². The standard InChI is InChI=1S/C17H20N2O2S/c1-2-18-12-13-5-3-6-14(11-13)19-17(21)9-8-15(20)16-7-4-10-22-16/h3-7,10-11,18H,2,8-9,12H2,1H3,(H,19,21). The normalized spacial score (nSPS) is 10.4. The van der Waals surface area contributed by atoms with E-state index in [2.05, 4.69) is 17.6 Å². The maximum absolute atomic E-state index is 11.9. The van der Waals surface area contributed by atoms with E-state index in [1.54, 1.807) is 6.07 Å². The zero-order valence-electron chi connectivity index (χ0n) is 12.6. The molecule has 0 saturated heterocycles. The van der Waals surface area contributed by atoms with Crippen molar-refractivity contribution in [1.29, 1.82) is 0 Å². The first-order valence-corrected chi connectivity index (χ1v) is 8.23. The fourth-order valence-corrected chi connectivity index (χ4v) is 2.73. The average molecular weight is 316 g/mol. The van der Waals surface area contributed by atoms with Gasteiger partial charge in [-0.05, 0) is 35.7 Å². The van der Waals surface area contributed by atoms with E-state index in [9.17, 15) is 9.59 Å². The molecule has 116 valence electrons. The monoisotopic (exact) mass is 316 g/mol. The first-order valence-electron chi connectivity index (χ1n) is 7.35. The third-order valence-corrected chi connectivity index (χ3v) is 4.08. The van der Waals surface area contributed by atoms with Gasteiger partial charge in [0.1, 0.15) is 0 Å². The van der Waals surface area contributed by atoms with Crippen molar-refractivity contribution >= 4 is 28.7 Å². The molecule has 5 heteroatoms. The third kappa shape index (κ3) is 5.09. The summed E-state index contributed by atoms with van der Waals surface area (Å²) < 4.78 is 0. The van der Waals surface area contributed by atoms with Gasteiger partial charge in [0.2, 0.25) is 5.91 Å². The minimum atomic E-state index is -0.134. The fourth-order valence-electron chi connectivity index (χ4n) is 2.04. The third-order valence-electron chi connectivity index (χ3n) is 3.16. The molecule has 1 heterocycles. The maximum atomic E-state index is 11.9. The lowest BCUT2D eigenvalue weighted by atomic mass is 10.1. The molecule has 2 aromatic rings. The second kappa shape index (κ2) is 8.46. The summed E-state index contributed by atoms with van der Waals surface area (Å²) in [5, 5.41) is 7.95. The van der Waals surface area contributed by atoms with Gasteiger partial charge < -0.3 is 10.6 Å². The predicted molar refractivity (Wildman–Crippen MR) is 90.3 cm³/mol. The Kier molecular flexibility index (Phi) is 6.30. The molecule has 1 amide bonds. The molecule has 1 aromatic carbocycles. The smallest absolute Gasteiger partial charge is 0.224 e. The first-order chi connectivity index (χ1) is 10.7. The number of Topliss-reactive ketones (excluding diaryl/α,β-unsaturated/α-hetero) is 1. The van der Waals surface area contributed by atoms with Crippen molar-refractivity contribution in [2.45, 2.75) is 26.3 Å². The zero-order valence-corrected chi connectivity index (χ0v) is 13.4. The van der Waals surface area contributed by atoms with Crippen LogP contribution in [0.2, 0.25) is 0 Å². The Morgan fingerprint density at radius 3 is 2.73 bits per heavy atom. The van der Waals surface area contributed by atoms with Crippen molar-refractivity contribution in [3.05, 3.63) is 52.2 Å². The first kappa shape index (κ1) is 16.4. The summed E-state index contributed by atoms with van der Waals surface area (Å²) in [4.78, 5) is 24.5. The van der Waals surface area contributed by atoms with Crippen molar-refractivity contribution in [3.8, 4) is 0 Å². The van der Waals surface area contributed by atoms with E-state index < -0.39 is 0 Å². The van der Waals surface area contributed by atoms with E-state index in [4.69, 9.17) is 0 Å². The van der Waals surface area contributed by atoms with E-state index in [1.807, 2.05) is 35.7 Å². The second-order valence-corrected chi connectivity index (χ2v) is 5.88. The molecule has 0 aliphatic heterocycles. The highest BCUT2D eigenvalue weighted by atomic mass is 32.1. The van der Waals surface area contributed by atoms with Crippen LogP contribution in [0.5, 0.6) is 0 Å². The van der Waals surface area contributed by atoms with E-state index in [0.717, 1.165) is 24.3 Å². The molecule has 1 aromatic heterocycles. The highest BCUT2D eigenvalue weighted by Crippen LogP contribution is 2.14. The molecule has 0 atom stereocenters. The predicted octanol–water partition coefficient (Wildman–Crippen LogP) is 3.46. The molecule has 0 spiro atoms. The topological polar surface area (TPSA) is 58.2 Å². The molecular weight excluding hydrogens is 296 g/mol. The molecular formula is C17H20N2O2S. The molecule has 4 nitrogen and oxygen atoms in total. The molecule has 0 aliphatic rings. The highest BCUT2D eigenvalue weighted by molar-refractivity contribution is 7.12. The van der Waals surface area contributed by atoms with Gasteiger partial charge in [0.25, 0.3) is 0 Å². The molecule has 22 heavy (non-hydrogen) atoms. The van der Waals surface area contributed by atoms with Crippen LogP contribution >= 0.6 is 11.3 Å². The lowest BCUT2D eigenvalue weighted by Crippen LogP contribution is -2.14. The van der Waals surface area contributed by atoms with Crippen LogP contribution in [0.1, 0.15) is 35.0 Å². The van der Waals surface area contributed by atoms with Gasteiger partial charge in [-0.15, -0.1) is 11.3 Å². The van der Waals surface area contributed by atoms with Crippen molar-refractivity contribution in [2.75, 3.05) is 11.9 Å². The number of hydrogen-bond acceptors (Lipinski definition) is 4. The number of carbonyl (C=O) groups excluding carboxylic acids is 2. The van der Waals surface area contributed by atoms with Crippen molar-refractivity contribution < 1.29 is 9.59 Å². The fraction of sp³-hybridized carbons (Fsp3) is 0.294. The van der Waals surface area contributed by atoms with Crippen molar-refractivity contribution in [1.82, 2.24) is 5.32 Å². The van der Waals surface area contributed by atoms with Crippen LogP contribution in [0, 0.1) is 0 Å². The minimum absolute atomic E-state index is 0.0195. The molecule has 2 N–H and O–H groups in total. The molecule has 0 unspecified atom stereocenters. The number of carbonyl (C=O) groups is 2. The Labute approximate surface area is 134 Å². The summed E-state index contributed by atoms with van der Waals surface area (Å²) in [6.07, 6.45) is 0.442. The largest absolute Gasteiger partial charge is 0.326 e. The van der Waals surface area contributed by atoms with E-state index in [1.165, 1.54) is 11.3 Å². The molecule has 0 saturated carbocycles. The zero-order chi connectivity index (χ0) is 15.8. The number of anilines is 1. The Morgan fingerprint density at radius 1 is 1.14 bits per heavy atom. The van der Waals surface area contributed by atoms with Gasteiger partial charge in [-0.3, -0.25) is 9.59 Å². The summed E-state index contributed by atoms with van der Waals surface area (Å²) in [6.45, 7) is 3.73. The van der Waals surface area contributed by atoms with Crippen molar-refractivity contribution in [3.63, 3.8) is 0 Å². The minimum Gasteiger partial charge on any atom is -0.326 e. The number of hydrogen-bond donors (Lipinski definition) is 2. The Hall–Kier alpha value is -1.98. The number of nitrogens with one attached hydrogen (secondary N) is 2. The van der Waals surface area contributed by atoms with Crippen LogP contribution in [-0.4, -0.2) is 18.2 Å². The van der Waals surface area contributed by atoms with Gasteiger partial charge in [0.15, 0.2) is 5.78 Å². The Morgan fingerprint density at radius 2 is 2.00 bits per heavy atom. The molecule has 2 rings (SSSR count). The van der Waals surface area contributed by atoms with Gasteiger partial charge in [0, 0.05) is 25.1 Å². The van der Waals surface area contributed by atoms with Gasteiger partial charge in [0.05, 0.1) is 4.88 Å². The summed E-state index contributed by atoms with van der Waals surface area (Å²) in [6, 6.07) is 11.4. The summed E-state index contributed by atoms with van der Waals surface area (Å²) in [5.41, 5.74) is 1.89. The lowest BCUT2D eigenvalue weighted by molar-refractivity contribution is -0.116. The molecule has 0 aliphatic carbocycles. The molecule has 0 fully saturated rings. The average Bonchev–Trinajstić information content (AvgIpc) is 3.05. The van der Waals surface area contributed by atoms with Crippen LogP contribution in [0.25, 0.3) is 0 Å². The quantitative estimate of drug-likeness (QED) is 0.733. The summed E-state index contributed by atoms with van der Waals surface area (Å²) >= 11 is 1.41. The highest BCUT2D eigenvalue weighted by Gasteiger charge is 2.10. The van der Waals surface area contributed by atoms with Gasteiger partial charge in [-0.2, -0.15) is 0 Å². The molecule has 0 radical (unpaired) electrons. The SMILES string of the molecule is CCNCc1cccc(NC(=O)CCC(=O)c2cccs2)c1. The van der Waals surface area contributed by atoms with Gasteiger partial charge in [-0.1, -0.05) is 25.1 Å². The maximum Gasteiger partial charge on any atom is 0.224 e. The number of rotatable bonds is 8. The lowest BCUT2D eigenvalue weighted by Gasteiger charge is -2.07. The van der Waals surface area contributed by atoms with Gasteiger partial charge in [-0.25, -0.2) is 0 Å². The summed E-state index contributed by atoms with van der Waals surface area (Å²) in [7, 11) is 0. The van der Waals surface area contributed by atoms with Crippen LogP contribution in [-0.2, 0) is 11.3 Å². The van der Waals surface area contributed by atoms with Crippen LogP contribution in [0.15, 0.2) is 41.8 Å². The van der Waals surface area contributed by atoms with Crippen molar-refractivity contribution in [2.24, 2.45) is 0 Å². The summed E-state index contributed by atoms with van der Waals surface area (Å²) in [5.74, 6) is -0.114. The van der Waals surface area contributed by atoms with Crippen LogP contribution in [0.4, 0.5) is 5.69 Å². The van der Waals surface area contributed by atoms with E-state index in [-0.39, 0.29) is 24.5 Å². The van der Waals surface area contributed by atoms with Gasteiger partial charge >= 0.3 is 0 Å². The second-order valence-electron chi connectivity index (χ2n) is 4.93.